The minimum Gasteiger partial charge on any atom is -0.497 e. The molecule has 2 aliphatic rings. The molecule has 2 aromatic carbocycles. The van der Waals surface area contributed by atoms with Crippen molar-refractivity contribution in [3.63, 3.8) is 0 Å². The van der Waals surface area contributed by atoms with Crippen molar-refractivity contribution in [2.45, 2.75) is 42.7 Å². The summed E-state index contributed by atoms with van der Waals surface area (Å²) in [6.45, 7) is 3.88. The van der Waals surface area contributed by atoms with E-state index in [2.05, 4.69) is 35.2 Å². The van der Waals surface area contributed by atoms with E-state index in [9.17, 15) is 13.5 Å². The third kappa shape index (κ3) is 4.35. The fraction of sp³-hybridized carbons (Fsp3) is 0.440. The predicted molar refractivity (Wildman–Crippen MR) is 126 cm³/mol. The van der Waals surface area contributed by atoms with Crippen molar-refractivity contribution in [2.24, 2.45) is 0 Å². The van der Waals surface area contributed by atoms with Gasteiger partial charge in [0.2, 0.25) is 10.0 Å². The Balaban J connectivity index is 1.61. The molecule has 0 aliphatic carbocycles. The van der Waals surface area contributed by atoms with E-state index in [0.29, 0.717) is 18.8 Å². The van der Waals surface area contributed by atoms with Crippen molar-refractivity contribution in [1.82, 2.24) is 9.21 Å². The SMILES string of the molecule is CC=Cc1ccc([C@@H]2[C@H]3CN(S(=O)(=O)c4ccc(OC)cc4)CCCCN3[C@H]2CO)cc1. The van der Waals surface area contributed by atoms with E-state index in [-0.39, 0.29) is 29.5 Å². The Morgan fingerprint density at radius 3 is 2.38 bits per heavy atom. The van der Waals surface area contributed by atoms with Gasteiger partial charge in [0, 0.05) is 31.1 Å². The predicted octanol–water partition coefficient (Wildman–Crippen LogP) is 3.34. The van der Waals surface area contributed by atoms with Crippen molar-refractivity contribution in [3.8, 4) is 5.75 Å². The molecule has 7 heteroatoms. The van der Waals surface area contributed by atoms with Gasteiger partial charge in [-0.3, -0.25) is 4.90 Å². The lowest BCUT2D eigenvalue weighted by Gasteiger charge is -2.57. The number of rotatable bonds is 6. The lowest BCUT2D eigenvalue weighted by molar-refractivity contribution is -0.0553. The van der Waals surface area contributed by atoms with Crippen LogP contribution in [0.1, 0.15) is 36.8 Å². The van der Waals surface area contributed by atoms with Gasteiger partial charge in [-0.1, -0.05) is 36.4 Å². The van der Waals surface area contributed by atoms with Gasteiger partial charge in [0.1, 0.15) is 5.75 Å². The molecule has 0 radical (unpaired) electrons. The second kappa shape index (κ2) is 9.75. The van der Waals surface area contributed by atoms with Gasteiger partial charge in [-0.15, -0.1) is 0 Å². The molecule has 2 fully saturated rings. The molecule has 2 aliphatic heterocycles. The van der Waals surface area contributed by atoms with E-state index in [1.54, 1.807) is 35.7 Å². The molecule has 2 saturated heterocycles. The molecule has 0 spiro atoms. The van der Waals surface area contributed by atoms with E-state index in [1.165, 1.54) is 0 Å². The molecule has 0 saturated carbocycles. The average Bonchev–Trinajstić information content (AvgIpc) is 2.79. The highest BCUT2D eigenvalue weighted by atomic mass is 32.2. The molecule has 6 nitrogen and oxygen atoms in total. The normalized spacial score (nSPS) is 25.0. The Morgan fingerprint density at radius 2 is 1.75 bits per heavy atom. The van der Waals surface area contributed by atoms with Gasteiger partial charge in [-0.2, -0.15) is 4.31 Å². The van der Waals surface area contributed by atoms with Gasteiger partial charge in [0.25, 0.3) is 0 Å². The number of hydrogen-bond acceptors (Lipinski definition) is 5. The van der Waals surface area contributed by atoms with Crippen molar-refractivity contribution in [2.75, 3.05) is 33.4 Å². The molecule has 0 bridgehead atoms. The highest BCUT2D eigenvalue weighted by molar-refractivity contribution is 7.89. The van der Waals surface area contributed by atoms with Gasteiger partial charge in [-0.05, 0) is 61.7 Å². The highest BCUT2D eigenvalue weighted by Gasteiger charge is 2.50. The Morgan fingerprint density at radius 1 is 1.06 bits per heavy atom. The molecule has 2 heterocycles. The Kier molecular flexibility index (Phi) is 7.00. The standard InChI is InChI=1S/C25H32N2O4S/c1-3-6-19-7-9-20(10-8-19)25-23-17-26(15-4-5-16-27(23)24(25)18-28)32(29,30)22-13-11-21(31-2)12-14-22/h3,6-14,23-25,28H,4-5,15-18H2,1-2H3/t23-,24+,25-/m1/s1. The number of aliphatic hydroxyl groups is 1. The van der Waals surface area contributed by atoms with Crippen molar-refractivity contribution in [3.05, 3.63) is 65.7 Å². The molecule has 0 aromatic heterocycles. The largest absolute Gasteiger partial charge is 0.497 e. The number of aliphatic hydroxyl groups excluding tert-OH is 1. The Bertz CT molecular complexity index is 1030. The fourth-order valence-corrected chi connectivity index (χ4v) is 6.54. The van der Waals surface area contributed by atoms with Crippen LogP contribution in [0.3, 0.4) is 0 Å². The minimum atomic E-state index is -3.61. The third-order valence-electron chi connectivity index (χ3n) is 6.71. The number of allylic oxidation sites excluding steroid dienone is 1. The third-order valence-corrected chi connectivity index (χ3v) is 8.59. The summed E-state index contributed by atoms with van der Waals surface area (Å²) in [6, 6.07) is 15.1. The molecular formula is C25H32N2O4S. The van der Waals surface area contributed by atoms with Gasteiger partial charge in [0.15, 0.2) is 0 Å². The van der Waals surface area contributed by atoms with Crippen LogP contribution in [0.25, 0.3) is 6.08 Å². The summed E-state index contributed by atoms with van der Waals surface area (Å²) in [5.41, 5.74) is 2.29. The number of ether oxygens (including phenoxy) is 1. The zero-order valence-electron chi connectivity index (χ0n) is 18.7. The number of nitrogens with zero attached hydrogens (tertiary/aromatic N) is 2. The van der Waals surface area contributed by atoms with Crippen LogP contribution >= 0.6 is 0 Å². The Labute approximate surface area is 191 Å². The summed E-state index contributed by atoms with van der Waals surface area (Å²) in [6.07, 6.45) is 5.78. The van der Waals surface area contributed by atoms with Crippen LogP contribution in [-0.2, 0) is 10.0 Å². The lowest BCUT2D eigenvalue weighted by Crippen LogP contribution is -2.67. The maximum Gasteiger partial charge on any atom is 0.243 e. The summed E-state index contributed by atoms with van der Waals surface area (Å²) >= 11 is 0. The smallest absolute Gasteiger partial charge is 0.243 e. The lowest BCUT2D eigenvalue weighted by atomic mass is 9.74. The van der Waals surface area contributed by atoms with Crippen LogP contribution in [0.4, 0.5) is 0 Å². The molecule has 2 aromatic rings. The fourth-order valence-electron chi connectivity index (χ4n) is 5.05. The molecule has 1 N–H and O–H groups in total. The van der Waals surface area contributed by atoms with Gasteiger partial charge < -0.3 is 9.84 Å². The van der Waals surface area contributed by atoms with Gasteiger partial charge in [-0.25, -0.2) is 8.42 Å². The van der Waals surface area contributed by atoms with E-state index >= 15 is 0 Å². The van der Waals surface area contributed by atoms with Gasteiger partial charge in [0.05, 0.1) is 18.6 Å². The number of benzene rings is 2. The van der Waals surface area contributed by atoms with Crippen LogP contribution in [0.5, 0.6) is 5.75 Å². The topological polar surface area (TPSA) is 70.1 Å². The molecular weight excluding hydrogens is 424 g/mol. The van der Waals surface area contributed by atoms with E-state index < -0.39 is 10.0 Å². The summed E-state index contributed by atoms with van der Waals surface area (Å²) in [4.78, 5) is 2.58. The van der Waals surface area contributed by atoms with Crippen molar-refractivity contribution in [1.29, 1.82) is 0 Å². The zero-order chi connectivity index (χ0) is 22.7. The van der Waals surface area contributed by atoms with Gasteiger partial charge >= 0.3 is 0 Å². The first kappa shape index (κ1) is 23.0. The van der Waals surface area contributed by atoms with E-state index in [4.69, 9.17) is 4.74 Å². The summed E-state index contributed by atoms with van der Waals surface area (Å²) < 4.78 is 33.7. The first-order valence-electron chi connectivity index (χ1n) is 11.2. The summed E-state index contributed by atoms with van der Waals surface area (Å²) in [7, 11) is -2.05. The summed E-state index contributed by atoms with van der Waals surface area (Å²) in [5, 5.41) is 10.1. The summed E-state index contributed by atoms with van der Waals surface area (Å²) in [5.74, 6) is 0.736. The van der Waals surface area contributed by atoms with Crippen LogP contribution in [0.2, 0.25) is 0 Å². The van der Waals surface area contributed by atoms with Crippen LogP contribution in [-0.4, -0.2) is 68.2 Å². The van der Waals surface area contributed by atoms with Crippen LogP contribution in [0.15, 0.2) is 59.5 Å². The second-order valence-electron chi connectivity index (χ2n) is 8.49. The first-order valence-corrected chi connectivity index (χ1v) is 12.7. The van der Waals surface area contributed by atoms with E-state index in [0.717, 1.165) is 30.5 Å². The number of fused-ring (bicyclic) bond motifs is 1. The first-order chi connectivity index (χ1) is 15.5. The number of methoxy groups -OCH3 is 1. The van der Waals surface area contributed by atoms with Crippen molar-refractivity contribution >= 4 is 16.1 Å². The minimum absolute atomic E-state index is 0.0243. The highest BCUT2D eigenvalue weighted by Crippen LogP contribution is 2.42. The molecule has 32 heavy (non-hydrogen) atoms. The Hall–Kier alpha value is -2.19. The maximum atomic E-state index is 13.4. The average molecular weight is 457 g/mol. The number of sulfonamides is 1. The van der Waals surface area contributed by atoms with Crippen LogP contribution < -0.4 is 4.74 Å². The van der Waals surface area contributed by atoms with E-state index in [1.807, 2.05) is 13.0 Å². The number of hydrogen-bond donors (Lipinski definition) is 1. The quantitative estimate of drug-likeness (QED) is 0.722. The monoisotopic (exact) mass is 456 g/mol. The molecule has 0 unspecified atom stereocenters. The molecule has 4 rings (SSSR count). The van der Waals surface area contributed by atoms with Crippen LogP contribution in [0, 0.1) is 0 Å². The zero-order valence-corrected chi connectivity index (χ0v) is 19.5. The molecule has 0 amide bonds. The maximum absolute atomic E-state index is 13.4. The van der Waals surface area contributed by atoms with Crippen molar-refractivity contribution < 1.29 is 18.3 Å². The second-order valence-corrected chi connectivity index (χ2v) is 10.4. The molecule has 172 valence electrons. The molecule has 3 atom stereocenters.